The van der Waals surface area contributed by atoms with Gasteiger partial charge >= 0.3 is 5.97 Å². The van der Waals surface area contributed by atoms with Gasteiger partial charge in [0.05, 0.1) is 17.9 Å². The van der Waals surface area contributed by atoms with Crippen LogP contribution in [-0.4, -0.2) is 39.8 Å². The van der Waals surface area contributed by atoms with Crippen LogP contribution < -0.4 is 9.44 Å². The van der Waals surface area contributed by atoms with E-state index in [1.807, 2.05) is 4.72 Å². The Morgan fingerprint density at radius 2 is 2.16 bits per heavy atom. The molecule has 0 aromatic heterocycles. The molecule has 1 aromatic carbocycles. The molecule has 1 aromatic rings. The Bertz CT molecular complexity index is 561. The Morgan fingerprint density at radius 1 is 1.47 bits per heavy atom. The van der Waals surface area contributed by atoms with Crippen LogP contribution in [0.1, 0.15) is 10.4 Å². The van der Waals surface area contributed by atoms with E-state index >= 15 is 0 Å². The second-order valence-electron chi connectivity index (χ2n) is 3.49. The fourth-order valence-electron chi connectivity index (χ4n) is 1.19. The molecular formula is C10H13FN2O5S. The first kappa shape index (κ1) is 15.3. The molecular weight excluding hydrogens is 279 g/mol. The third-order valence-electron chi connectivity index (χ3n) is 2.06. The minimum Gasteiger partial charge on any atom is -0.478 e. The van der Waals surface area contributed by atoms with Crippen LogP contribution in [0.15, 0.2) is 18.2 Å². The van der Waals surface area contributed by atoms with Gasteiger partial charge < -0.3 is 9.84 Å². The molecule has 0 bridgehead atoms. The Morgan fingerprint density at radius 3 is 2.68 bits per heavy atom. The lowest BCUT2D eigenvalue weighted by Gasteiger charge is -2.10. The number of carboxylic acid groups (broad SMARTS) is 1. The van der Waals surface area contributed by atoms with Crippen LogP contribution in [0.3, 0.4) is 0 Å². The highest BCUT2D eigenvalue weighted by Gasteiger charge is 2.14. The second kappa shape index (κ2) is 6.45. The van der Waals surface area contributed by atoms with Crippen molar-refractivity contribution in [3.63, 3.8) is 0 Å². The van der Waals surface area contributed by atoms with Crippen molar-refractivity contribution in [3.05, 3.63) is 29.6 Å². The Hall–Kier alpha value is -1.71. The molecule has 0 saturated carbocycles. The number of hydrogen-bond acceptors (Lipinski definition) is 4. The third kappa shape index (κ3) is 4.81. The van der Waals surface area contributed by atoms with Crippen molar-refractivity contribution in [3.8, 4) is 0 Å². The third-order valence-corrected chi connectivity index (χ3v) is 3.13. The fourth-order valence-corrected chi connectivity index (χ4v) is 2.07. The first-order valence-corrected chi connectivity index (χ1v) is 6.63. The molecule has 9 heteroatoms. The second-order valence-corrected chi connectivity index (χ2v) is 4.99. The number of carbonyl (C=O) groups is 1. The number of rotatable bonds is 7. The molecule has 0 amide bonds. The number of carboxylic acids is 1. The Kier molecular flexibility index (Phi) is 5.21. The van der Waals surface area contributed by atoms with Gasteiger partial charge in [-0.2, -0.15) is 13.1 Å². The van der Waals surface area contributed by atoms with E-state index in [4.69, 9.17) is 5.11 Å². The van der Waals surface area contributed by atoms with Crippen molar-refractivity contribution in [2.75, 3.05) is 25.0 Å². The van der Waals surface area contributed by atoms with E-state index in [9.17, 15) is 17.6 Å². The molecule has 7 nitrogen and oxygen atoms in total. The van der Waals surface area contributed by atoms with E-state index in [1.54, 1.807) is 0 Å². The van der Waals surface area contributed by atoms with Crippen molar-refractivity contribution in [1.29, 1.82) is 0 Å². The molecule has 0 aliphatic heterocycles. The summed E-state index contributed by atoms with van der Waals surface area (Å²) in [6, 6.07) is 2.86. The first-order valence-electron chi connectivity index (χ1n) is 5.15. The SMILES string of the molecule is COCCNS(=O)(=O)Nc1ccc(C(=O)O)cc1F. The smallest absolute Gasteiger partial charge is 0.335 e. The predicted octanol–water partition coefficient (Wildman–Crippen LogP) is 0.417. The highest BCUT2D eigenvalue weighted by molar-refractivity contribution is 7.90. The number of benzene rings is 1. The quantitative estimate of drug-likeness (QED) is 0.632. The predicted molar refractivity (Wildman–Crippen MR) is 65.8 cm³/mol. The highest BCUT2D eigenvalue weighted by atomic mass is 32.2. The summed E-state index contributed by atoms with van der Waals surface area (Å²) >= 11 is 0. The van der Waals surface area contributed by atoms with Gasteiger partial charge in [-0.15, -0.1) is 0 Å². The average Bonchev–Trinajstić information content (AvgIpc) is 2.31. The van der Waals surface area contributed by atoms with E-state index in [1.165, 1.54) is 7.11 Å². The lowest BCUT2D eigenvalue weighted by Crippen LogP contribution is -2.32. The molecule has 106 valence electrons. The minimum atomic E-state index is -3.93. The number of anilines is 1. The lowest BCUT2D eigenvalue weighted by atomic mass is 10.2. The Labute approximate surface area is 109 Å². The van der Waals surface area contributed by atoms with Crippen molar-refractivity contribution in [2.45, 2.75) is 0 Å². The van der Waals surface area contributed by atoms with E-state index in [-0.39, 0.29) is 24.4 Å². The summed E-state index contributed by atoms with van der Waals surface area (Å²) in [5.41, 5.74) is -0.609. The summed E-state index contributed by atoms with van der Waals surface area (Å²) in [5, 5.41) is 8.64. The summed E-state index contributed by atoms with van der Waals surface area (Å²) in [5.74, 6) is -2.27. The summed E-state index contributed by atoms with van der Waals surface area (Å²) in [6.07, 6.45) is 0. The molecule has 0 fully saturated rings. The standard InChI is InChI=1S/C10H13FN2O5S/c1-18-5-4-12-19(16,17)13-9-3-2-7(10(14)15)6-8(9)11/h2-3,6,12-13H,4-5H2,1H3,(H,14,15). The van der Waals surface area contributed by atoms with E-state index in [0.29, 0.717) is 0 Å². The lowest BCUT2D eigenvalue weighted by molar-refractivity contribution is 0.0696. The maximum Gasteiger partial charge on any atom is 0.335 e. The van der Waals surface area contributed by atoms with Gasteiger partial charge in [-0.1, -0.05) is 0 Å². The van der Waals surface area contributed by atoms with E-state index in [2.05, 4.69) is 9.46 Å². The van der Waals surface area contributed by atoms with Crippen LogP contribution in [0.5, 0.6) is 0 Å². The average molecular weight is 292 g/mol. The molecule has 0 atom stereocenters. The summed E-state index contributed by atoms with van der Waals surface area (Å²) in [4.78, 5) is 10.6. The molecule has 3 N–H and O–H groups in total. The van der Waals surface area contributed by atoms with Gasteiger partial charge in [-0.05, 0) is 18.2 Å². The maximum atomic E-state index is 13.5. The van der Waals surface area contributed by atoms with Gasteiger partial charge in [-0.25, -0.2) is 9.18 Å². The first-order chi connectivity index (χ1) is 8.85. The number of nitrogens with one attached hydrogen (secondary N) is 2. The van der Waals surface area contributed by atoms with Crippen LogP contribution in [0, 0.1) is 5.82 Å². The van der Waals surface area contributed by atoms with Gasteiger partial charge in [0.1, 0.15) is 5.82 Å². The van der Waals surface area contributed by atoms with Gasteiger partial charge in [-0.3, -0.25) is 4.72 Å². The normalized spacial score (nSPS) is 11.3. The molecule has 0 heterocycles. The van der Waals surface area contributed by atoms with Gasteiger partial charge in [0.2, 0.25) is 0 Å². The number of aromatic carboxylic acids is 1. The van der Waals surface area contributed by atoms with Gasteiger partial charge in [0.15, 0.2) is 0 Å². The van der Waals surface area contributed by atoms with Crippen LogP contribution >= 0.6 is 0 Å². The number of methoxy groups -OCH3 is 1. The molecule has 0 spiro atoms. The zero-order valence-corrected chi connectivity index (χ0v) is 10.8. The largest absolute Gasteiger partial charge is 0.478 e. The summed E-state index contributed by atoms with van der Waals surface area (Å²) < 4.78 is 45.2. The van der Waals surface area contributed by atoms with Crippen LogP contribution in [0.2, 0.25) is 0 Å². The maximum absolute atomic E-state index is 13.5. The molecule has 0 saturated heterocycles. The molecule has 0 unspecified atom stereocenters. The topological polar surface area (TPSA) is 105 Å². The molecule has 0 aliphatic rings. The van der Waals surface area contributed by atoms with Gasteiger partial charge in [0, 0.05) is 13.7 Å². The molecule has 0 radical (unpaired) electrons. The van der Waals surface area contributed by atoms with E-state index in [0.717, 1.165) is 18.2 Å². The molecule has 19 heavy (non-hydrogen) atoms. The monoisotopic (exact) mass is 292 g/mol. The van der Waals surface area contributed by atoms with Crippen LogP contribution in [-0.2, 0) is 14.9 Å². The summed E-state index contributed by atoms with van der Waals surface area (Å²) in [7, 11) is -2.52. The van der Waals surface area contributed by atoms with Crippen LogP contribution in [0.4, 0.5) is 10.1 Å². The molecule has 1 rings (SSSR count). The highest BCUT2D eigenvalue weighted by Crippen LogP contribution is 2.16. The van der Waals surface area contributed by atoms with Crippen molar-refractivity contribution in [1.82, 2.24) is 4.72 Å². The van der Waals surface area contributed by atoms with Gasteiger partial charge in [0.25, 0.3) is 10.2 Å². The van der Waals surface area contributed by atoms with Crippen molar-refractivity contribution < 1.29 is 27.4 Å². The molecule has 0 aliphatic carbocycles. The zero-order chi connectivity index (χ0) is 14.5. The van der Waals surface area contributed by atoms with Crippen molar-refractivity contribution >= 4 is 21.9 Å². The number of halogens is 1. The van der Waals surface area contributed by atoms with E-state index < -0.39 is 22.0 Å². The minimum absolute atomic E-state index is 0.0284. The van der Waals surface area contributed by atoms with Crippen molar-refractivity contribution in [2.24, 2.45) is 0 Å². The Balaban J connectivity index is 2.79. The van der Waals surface area contributed by atoms with Crippen LogP contribution in [0.25, 0.3) is 0 Å². The zero-order valence-electron chi connectivity index (χ0n) is 10.0. The summed E-state index contributed by atoms with van der Waals surface area (Å²) in [6.45, 7) is 0.196. The number of ether oxygens (including phenoxy) is 1. The number of hydrogen-bond donors (Lipinski definition) is 3. The fraction of sp³-hybridized carbons (Fsp3) is 0.300.